The normalized spacial score (nSPS) is 26.2. The highest BCUT2D eigenvalue weighted by Crippen LogP contribution is 2.57. The molecule has 1 heterocycles. The molecule has 1 saturated carbocycles. The van der Waals surface area contributed by atoms with Crippen LogP contribution in [0, 0.1) is 25.2 Å². The molecule has 0 bridgehead atoms. The second-order valence-corrected chi connectivity index (χ2v) is 6.65. The van der Waals surface area contributed by atoms with Crippen LogP contribution in [0.25, 0.3) is 0 Å². The third-order valence-corrected chi connectivity index (χ3v) is 4.44. The molecule has 1 aromatic rings. The standard InChI is InChI=1S/C12H19NS/c1-7-5-9(8(2)14-7)11(13)10-6-12(10,3)4/h5,10-11H,6,13H2,1-4H3. The molecular weight excluding hydrogens is 190 g/mol. The minimum Gasteiger partial charge on any atom is -0.324 e. The van der Waals surface area contributed by atoms with Gasteiger partial charge in [-0.1, -0.05) is 13.8 Å². The fourth-order valence-corrected chi connectivity index (χ4v) is 3.30. The van der Waals surface area contributed by atoms with Crippen LogP contribution in [0.2, 0.25) is 0 Å². The lowest BCUT2D eigenvalue weighted by molar-refractivity contribution is 0.491. The Morgan fingerprint density at radius 2 is 2.07 bits per heavy atom. The van der Waals surface area contributed by atoms with Gasteiger partial charge in [0, 0.05) is 15.8 Å². The number of hydrogen-bond acceptors (Lipinski definition) is 2. The Morgan fingerprint density at radius 1 is 1.50 bits per heavy atom. The Labute approximate surface area is 90.3 Å². The van der Waals surface area contributed by atoms with E-state index >= 15 is 0 Å². The van der Waals surface area contributed by atoms with Gasteiger partial charge in [0.05, 0.1) is 0 Å². The zero-order chi connectivity index (χ0) is 10.5. The average molecular weight is 209 g/mol. The summed E-state index contributed by atoms with van der Waals surface area (Å²) in [5.41, 5.74) is 8.15. The molecule has 0 saturated heterocycles. The lowest BCUT2D eigenvalue weighted by atomic mass is 9.98. The van der Waals surface area contributed by atoms with E-state index < -0.39 is 0 Å². The third kappa shape index (κ3) is 1.61. The number of rotatable bonds is 2. The molecule has 14 heavy (non-hydrogen) atoms. The summed E-state index contributed by atoms with van der Waals surface area (Å²) in [5, 5.41) is 0. The highest BCUT2D eigenvalue weighted by Gasteiger charge is 2.49. The van der Waals surface area contributed by atoms with E-state index in [4.69, 9.17) is 5.73 Å². The van der Waals surface area contributed by atoms with Crippen LogP contribution in [0.1, 0.15) is 41.6 Å². The molecule has 78 valence electrons. The molecule has 2 atom stereocenters. The van der Waals surface area contributed by atoms with Crippen LogP contribution in [-0.4, -0.2) is 0 Å². The van der Waals surface area contributed by atoms with Crippen molar-refractivity contribution < 1.29 is 0 Å². The van der Waals surface area contributed by atoms with Gasteiger partial charge in [-0.2, -0.15) is 0 Å². The van der Waals surface area contributed by atoms with Gasteiger partial charge in [-0.05, 0) is 43.2 Å². The number of nitrogens with two attached hydrogens (primary N) is 1. The van der Waals surface area contributed by atoms with Gasteiger partial charge in [0.2, 0.25) is 0 Å². The first-order valence-corrected chi connectivity index (χ1v) is 6.06. The zero-order valence-corrected chi connectivity index (χ0v) is 10.2. The molecule has 1 aliphatic rings. The lowest BCUT2D eigenvalue weighted by Gasteiger charge is -2.13. The number of thiophene rings is 1. The SMILES string of the molecule is Cc1cc(C(N)C2CC2(C)C)c(C)s1. The smallest absolute Gasteiger partial charge is 0.0339 e. The van der Waals surface area contributed by atoms with Gasteiger partial charge in [-0.15, -0.1) is 11.3 Å². The van der Waals surface area contributed by atoms with Crippen molar-refractivity contribution in [3.05, 3.63) is 21.4 Å². The van der Waals surface area contributed by atoms with Crippen LogP contribution in [0.5, 0.6) is 0 Å². The molecule has 0 amide bonds. The first kappa shape index (κ1) is 10.2. The number of hydrogen-bond donors (Lipinski definition) is 1. The van der Waals surface area contributed by atoms with Crippen LogP contribution in [0.3, 0.4) is 0 Å². The van der Waals surface area contributed by atoms with Crippen molar-refractivity contribution in [2.75, 3.05) is 0 Å². The topological polar surface area (TPSA) is 26.0 Å². The largest absolute Gasteiger partial charge is 0.324 e. The first-order chi connectivity index (χ1) is 6.42. The van der Waals surface area contributed by atoms with E-state index in [0.29, 0.717) is 11.3 Å². The molecule has 2 rings (SSSR count). The highest BCUT2D eigenvalue weighted by atomic mass is 32.1. The molecule has 0 aliphatic heterocycles. The van der Waals surface area contributed by atoms with Crippen LogP contribution >= 0.6 is 11.3 Å². The van der Waals surface area contributed by atoms with Crippen molar-refractivity contribution in [2.45, 2.75) is 40.2 Å². The summed E-state index contributed by atoms with van der Waals surface area (Å²) in [6.07, 6.45) is 1.28. The van der Waals surface area contributed by atoms with Crippen LogP contribution in [0.15, 0.2) is 6.07 Å². The Bertz CT molecular complexity index is 351. The van der Waals surface area contributed by atoms with Gasteiger partial charge in [0.25, 0.3) is 0 Å². The molecular formula is C12H19NS. The fraction of sp³-hybridized carbons (Fsp3) is 0.667. The summed E-state index contributed by atoms with van der Waals surface area (Å²) < 4.78 is 0. The Hall–Kier alpha value is -0.340. The quantitative estimate of drug-likeness (QED) is 0.793. The Balaban J connectivity index is 2.20. The maximum absolute atomic E-state index is 6.30. The fourth-order valence-electron chi connectivity index (χ4n) is 2.32. The minimum atomic E-state index is 0.259. The van der Waals surface area contributed by atoms with Crippen molar-refractivity contribution in [2.24, 2.45) is 17.1 Å². The van der Waals surface area contributed by atoms with E-state index in [9.17, 15) is 0 Å². The molecule has 1 aliphatic carbocycles. The minimum absolute atomic E-state index is 0.259. The van der Waals surface area contributed by atoms with Crippen LogP contribution in [0.4, 0.5) is 0 Å². The number of aryl methyl sites for hydroxylation is 2. The first-order valence-electron chi connectivity index (χ1n) is 5.24. The predicted molar refractivity (Wildman–Crippen MR) is 62.6 cm³/mol. The summed E-state index contributed by atoms with van der Waals surface area (Å²) in [6, 6.07) is 2.52. The summed E-state index contributed by atoms with van der Waals surface area (Å²) in [7, 11) is 0. The molecule has 1 aromatic heterocycles. The van der Waals surface area contributed by atoms with Crippen LogP contribution in [-0.2, 0) is 0 Å². The monoisotopic (exact) mass is 209 g/mol. The molecule has 2 N–H and O–H groups in total. The third-order valence-electron chi connectivity index (χ3n) is 3.46. The highest BCUT2D eigenvalue weighted by molar-refractivity contribution is 7.12. The molecule has 2 unspecified atom stereocenters. The molecule has 0 radical (unpaired) electrons. The summed E-state index contributed by atoms with van der Waals surface area (Å²) in [4.78, 5) is 2.78. The van der Waals surface area contributed by atoms with Gasteiger partial charge >= 0.3 is 0 Å². The van der Waals surface area contributed by atoms with Crippen molar-refractivity contribution in [1.29, 1.82) is 0 Å². The predicted octanol–water partition coefficient (Wildman–Crippen LogP) is 3.41. The molecule has 1 nitrogen and oxygen atoms in total. The lowest BCUT2D eigenvalue weighted by Crippen LogP contribution is -2.15. The average Bonchev–Trinajstić information content (AvgIpc) is 2.55. The maximum atomic E-state index is 6.30. The van der Waals surface area contributed by atoms with Crippen molar-refractivity contribution in [3.8, 4) is 0 Å². The van der Waals surface area contributed by atoms with E-state index in [0.717, 1.165) is 0 Å². The van der Waals surface area contributed by atoms with E-state index in [1.54, 1.807) is 0 Å². The molecule has 0 spiro atoms. The van der Waals surface area contributed by atoms with Crippen molar-refractivity contribution in [1.82, 2.24) is 0 Å². The summed E-state index contributed by atoms with van der Waals surface area (Å²) >= 11 is 1.86. The van der Waals surface area contributed by atoms with E-state index in [2.05, 4.69) is 33.8 Å². The van der Waals surface area contributed by atoms with Crippen molar-refractivity contribution >= 4 is 11.3 Å². The Kier molecular flexibility index (Phi) is 2.24. The van der Waals surface area contributed by atoms with E-state index in [1.807, 2.05) is 11.3 Å². The second-order valence-electron chi connectivity index (χ2n) is 5.19. The van der Waals surface area contributed by atoms with Gasteiger partial charge in [0.15, 0.2) is 0 Å². The van der Waals surface area contributed by atoms with E-state index in [1.165, 1.54) is 21.7 Å². The van der Waals surface area contributed by atoms with Crippen LogP contribution < -0.4 is 5.73 Å². The Morgan fingerprint density at radius 3 is 2.43 bits per heavy atom. The zero-order valence-electron chi connectivity index (χ0n) is 9.42. The maximum Gasteiger partial charge on any atom is 0.0339 e. The molecule has 1 fully saturated rings. The van der Waals surface area contributed by atoms with Crippen molar-refractivity contribution in [3.63, 3.8) is 0 Å². The summed E-state index contributed by atoms with van der Waals surface area (Å²) in [6.45, 7) is 8.96. The van der Waals surface area contributed by atoms with Gasteiger partial charge in [-0.3, -0.25) is 0 Å². The van der Waals surface area contributed by atoms with Gasteiger partial charge < -0.3 is 5.73 Å². The van der Waals surface area contributed by atoms with E-state index in [-0.39, 0.29) is 6.04 Å². The molecule has 0 aromatic carbocycles. The second kappa shape index (κ2) is 3.07. The van der Waals surface area contributed by atoms with Gasteiger partial charge in [0.1, 0.15) is 0 Å². The molecule has 2 heteroatoms. The summed E-state index contributed by atoms with van der Waals surface area (Å²) in [5.74, 6) is 0.690. The van der Waals surface area contributed by atoms with Gasteiger partial charge in [-0.25, -0.2) is 0 Å².